The van der Waals surface area contributed by atoms with Gasteiger partial charge in [-0.15, -0.1) is 0 Å². The molecule has 4 heteroatoms. The first-order valence-electron chi connectivity index (χ1n) is 3.51. The van der Waals surface area contributed by atoms with Crippen LogP contribution in [0.4, 0.5) is 0 Å². The number of hydrogen-bond acceptors (Lipinski definition) is 4. The lowest BCUT2D eigenvalue weighted by molar-refractivity contribution is -0.153. The van der Waals surface area contributed by atoms with E-state index in [0.717, 1.165) is 11.6 Å². The lowest BCUT2D eigenvalue weighted by atomic mass is 10.2. The number of allylic oxidation sites excluding steroid dienone is 1. The number of esters is 2. The van der Waals surface area contributed by atoms with Crippen LogP contribution < -0.4 is 6.15 Å². The standard InChI is InChI=1S/C9H12O3.H3N/c1-5-8(10)12-9(11)7(4)6(2)3;/h5H,1H2,2-4H3;1H3. The zero-order valence-electron chi connectivity index (χ0n) is 8.22. The Labute approximate surface area is 77.9 Å². The molecule has 0 aliphatic heterocycles. The Balaban J connectivity index is 0. The molecule has 0 saturated heterocycles. The number of hydrogen-bond donors (Lipinski definition) is 1. The Morgan fingerprint density at radius 3 is 2.00 bits per heavy atom. The molecule has 0 radical (unpaired) electrons. The molecule has 0 aromatic rings. The largest absolute Gasteiger partial charge is 0.386 e. The lowest BCUT2D eigenvalue weighted by Gasteiger charge is -2.00. The van der Waals surface area contributed by atoms with E-state index < -0.39 is 11.9 Å². The van der Waals surface area contributed by atoms with E-state index in [0.29, 0.717) is 5.57 Å². The zero-order chi connectivity index (χ0) is 9.72. The predicted octanol–water partition coefficient (Wildman–Crippen LogP) is 1.76. The third-order valence-electron chi connectivity index (χ3n) is 1.42. The molecule has 0 aromatic carbocycles. The van der Waals surface area contributed by atoms with Crippen molar-refractivity contribution in [1.82, 2.24) is 6.15 Å². The Morgan fingerprint density at radius 1 is 1.23 bits per heavy atom. The van der Waals surface area contributed by atoms with Crippen molar-refractivity contribution in [2.24, 2.45) is 0 Å². The van der Waals surface area contributed by atoms with Crippen molar-refractivity contribution in [3.8, 4) is 0 Å². The minimum atomic E-state index is -0.722. The second-order valence-electron chi connectivity index (χ2n) is 2.54. The molecule has 0 unspecified atom stereocenters. The van der Waals surface area contributed by atoms with Crippen LogP contribution in [0.25, 0.3) is 0 Å². The van der Waals surface area contributed by atoms with Gasteiger partial charge in [0.1, 0.15) is 0 Å². The monoisotopic (exact) mass is 185 g/mol. The van der Waals surface area contributed by atoms with Crippen LogP contribution in [0.5, 0.6) is 0 Å². The maximum atomic E-state index is 11.0. The van der Waals surface area contributed by atoms with Crippen LogP contribution in [0.3, 0.4) is 0 Å². The highest BCUT2D eigenvalue weighted by atomic mass is 16.6. The van der Waals surface area contributed by atoms with Gasteiger partial charge in [-0.25, -0.2) is 9.59 Å². The molecular formula is C9H15NO3. The molecule has 0 saturated carbocycles. The van der Waals surface area contributed by atoms with E-state index in [1.165, 1.54) is 0 Å². The summed E-state index contributed by atoms with van der Waals surface area (Å²) < 4.78 is 4.37. The first-order chi connectivity index (χ1) is 5.49. The maximum Gasteiger partial charge on any atom is 0.341 e. The third kappa shape index (κ3) is 4.92. The van der Waals surface area contributed by atoms with Crippen molar-refractivity contribution in [2.45, 2.75) is 20.8 Å². The van der Waals surface area contributed by atoms with Crippen LogP contribution in [0.1, 0.15) is 20.8 Å². The fraction of sp³-hybridized carbons (Fsp3) is 0.333. The van der Waals surface area contributed by atoms with Gasteiger partial charge in [-0.3, -0.25) is 0 Å². The number of carbonyl (C=O) groups is 2. The lowest BCUT2D eigenvalue weighted by Crippen LogP contribution is -2.11. The van der Waals surface area contributed by atoms with Crippen LogP contribution in [-0.4, -0.2) is 11.9 Å². The second-order valence-corrected chi connectivity index (χ2v) is 2.54. The van der Waals surface area contributed by atoms with Gasteiger partial charge in [0.15, 0.2) is 0 Å². The van der Waals surface area contributed by atoms with Crippen LogP contribution in [0.2, 0.25) is 0 Å². The Hall–Kier alpha value is -1.42. The maximum absolute atomic E-state index is 11.0. The first kappa shape index (κ1) is 14.1. The molecule has 0 heterocycles. The van der Waals surface area contributed by atoms with Gasteiger partial charge in [0.2, 0.25) is 0 Å². The number of rotatable bonds is 2. The summed E-state index contributed by atoms with van der Waals surface area (Å²) in [7, 11) is 0. The summed E-state index contributed by atoms with van der Waals surface area (Å²) in [6.45, 7) is 8.33. The van der Waals surface area contributed by atoms with Gasteiger partial charge < -0.3 is 10.9 Å². The van der Waals surface area contributed by atoms with Crippen molar-refractivity contribution in [2.75, 3.05) is 0 Å². The summed E-state index contributed by atoms with van der Waals surface area (Å²) >= 11 is 0. The van der Waals surface area contributed by atoms with Gasteiger partial charge in [-0.2, -0.15) is 0 Å². The highest BCUT2D eigenvalue weighted by molar-refractivity contribution is 5.99. The van der Waals surface area contributed by atoms with Gasteiger partial charge in [0.25, 0.3) is 0 Å². The SMILES string of the molecule is C=CC(=O)OC(=O)C(C)=C(C)C.N. The number of carbonyl (C=O) groups excluding carboxylic acids is 2. The van der Waals surface area contributed by atoms with Gasteiger partial charge in [0.05, 0.1) is 0 Å². The second kappa shape index (κ2) is 6.14. The van der Waals surface area contributed by atoms with E-state index >= 15 is 0 Å². The fourth-order valence-corrected chi connectivity index (χ4v) is 0.414. The highest BCUT2D eigenvalue weighted by Crippen LogP contribution is 2.04. The molecule has 74 valence electrons. The summed E-state index contributed by atoms with van der Waals surface area (Å²) in [4.78, 5) is 21.6. The Morgan fingerprint density at radius 2 is 1.69 bits per heavy atom. The van der Waals surface area contributed by atoms with E-state index in [-0.39, 0.29) is 6.15 Å². The summed E-state index contributed by atoms with van der Waals surface area (Å²) in [6, 6.07) is 0. The van der Waals surface area contributed by atoms with E-state index in [1.807, 2.05) is 0 Å². The fourth-order valence-electron chi connectivity index (χ4n) is 0.414. The smallest absolute Gasteiger partial charge is 0.341 e. The van der Waals surface area contributed by atoms with Gasteiger partial charge >= 0.3 is 11.9 Å². The van der Waals surface area contributed by atoms with Crippen molar-refractivity contribution < 1.29 is 14.3 Å². The highest BCUT2D eigenvalue weighted by Gasteiger charge is 2.09. The molecule has 3 N–H and O–H groups in total. The topological polar surface area (TPSA) is 78.4 Å². The summed E-state index contributed by atoms with van der Waals surface area (Å²) in [6.07, 6.45) is 0.955. The van der Waals surface area contributed by atoms with Gasteiger partial charge in [-0.05, 0) is 20.8 Å². The van der Waals surface area contributed by atoms with E-state index in [2.05, 4.69) is 11.3 Å². The summed E-state index contributed by atoms with van der Waals surface area (Å²) in [5.41, 5.74) is 1.28. The molecule has 4 nitrogen and oxygen atoms in total. The minimum Gasteiger partial charge on any atom is -0.386 e. The number of ether oxygens (including phenoxy) is 1. The molecule has 13 heavy (non-hydrogen) atoms. The quantitative estimate of drug-likeness (QED) is 0.404. The Bertz CT molecular complexity index is 250. The molecule has 0 spiro atoms. The molecule has 0 amide bonds. The molecule has 0 atom stereocenters. The molecule has 0 aromatic heterocycles. The van der Waals surface area contributed by atoms with Crippen LogP contribution in [0.15, 0.2) is 23.8 Å². The third-order valence-corrected chi connectivity index (χ3v) is 1.42. The molecule has 0 aliphatic carbocycles. The van der Waals surface area contributed by atoms with Crippen LogP contribution >= 0.6 is 0 Å². The summed E-state index contributed by atoms with van der Waals surface area (Å²) in [5, 5.41) is 0. The molecule has 0 fully saturated rings. The van der Waals surface area contributed by atoms with Crippen molar-refractivity contribution >= 4 is 11.9 Å². The molecule has 0 bridgehead atoms. The van der Waals surface area contributed by atoms with Crippen LogP contribution in [0, 0.1) is 0 Å². The molecule has 0 rings (SSSR count). The Kier molecular flexibility index (Phi) is 6.67. The molecular weight excluding hydrogens is 170 g/mol. The van der Waals surface area contributed by atoms with Crippen molar-refractivity contribution in [3.05, 3.63) is 23.8 Å². The van der Waals surface area contributed by atoms with Gasteiger partial charge in [0, 0.05) is 11.6 Å². The average molecular weight is 185 g/mol. The van der Waals surface area contributed by atoms with E-state index in [4.69, 9.17) is 0 Å². The normalized spacial score (nSPS) is 7.92. The minimum absolute atomic E-state index is 0. The zero-order valence-corrected chi connectivity index (χ0v) is 8.22. The molecule has 0 aliphatic rings. The predicted molar refractivity (Wildman–Crippen MR) is 50.4 cm³/mol. The van der Waals surface area contributed by atoms with Crippen molar-refractivity contribution in [3.63, 3.8) is 0 Å². The van der Waals surface area contributed by atoms with E-state index in [1.54, 1.807) is 20.8 Å². The van der Waals surface area contributed by atoms with Gasteiger partial charge in [-0.1, -0.05) is 12.2 Å². The van der Waals surface area contributed by atoms with E-state index in [9.17, 15) is 9.59 Å². The average Bonchev–Trinajstić information content (AvgIpc) is 2.02. The van der Waals surface area contributed by atoms with Crippen molar-refractivity contribution in [1.29, 1.82) is 0 Å². The summed E-state index contributed by atoms with van der Waals surface area (Å²) in [5.74, 6) is -1.33. The first-order valence-corrected chi connectivity index (χ1v) is 3.51. The van der Waals surface area contributed by atoms with Crippen LogP contribution in [-0.2, 0) is 14.3 Å².